The average molecular weight is 200 g/mol. The van der Waals surface area contributed by atoms with Gasteiger partial charge in [-0.05, 0) is 20.3 Å². The van der Waals surface area contributed by atoms with Crippen molar-refractivity contribution in [1.82, 2.24) is 4.90 Å². The minimum atomic E-state index is -0.715. The van der Waals surface area contributed by atoms with Crippen LogP contribution in [0.25, 0.3) is 0 Å². The van der Waals surface area contributed by atoms with E-state index in [2.05, 4.69) is 0 Å². The molecule has 0 aliphatic carbocycles. The molecular formula is C10H20N2O2. The number of aliphatic hydroxyl groups is 1. The van der Waals surface area contributed by atoms with Gasteiger partial charge in [0.25, 0.3) is 0 Å². The van der Waals surface area contributed by atoms with Crippen molar-refractivity contribution in [2.24, 2.45) is 11.7 Å². The van der Waals surface area contributed by atoms with Gasteiger partial charge in [-0.2, -0.15) is 0 Å². The molecule has 1 fully saturated rings. The average Bonchev–Trinajstić information content (AvgIpc) is 2.43. The summed E-state index contributed by atoms with van der Waals surface area (Å²) in [6, 6.07) is -0.131. The molecule has 1 rings (SSSR count). The van der Waals surface area contributed by atoms with E-state index in [1.807, 2.05) is 13.8 Å². The van der Waals surface area contributed by atoms with E-state index < -0.39 is 5.60 Å². The van der Waals surface area contributed by atoms with Crippen LogP contribution in [0.4, 0.5) is 0 Å². The fourth-order valence-corrected chi connectivity index (χ4v) is 1.65. The van der Waals surface area contributed by atoms with Gasteiger partial charge < -0.3 is 15.7 Å². The molecule has 4 nitrogen and oxygen atoms in total. The normalized spacial score (nSPS) is 31.6. The van der Waals surface area contributed by atoms with E-state index in [-0.39, 0.29) is 17.9 Å². The number of likely N-dealkylation sites (tertiary alicyclic amines) is 1. The van der Waals surface area contributed by atoms with Crippen LogP contribution < -0.4 is 5.73 Å². The zero-order valence-corrected chi connectivity index (χ0v) is 9.16. The Labute approximate surface area is 85.1 Å². The first-order valence-electron chi connectivity index (χ1n) is 5.10. The molecule has 0 spiro atoms. The predicted octanol–water partition coefficient (Wildman–Crippen LogP) is -0.0470. The Bertz CT molecular complexity index is 226. The summed E-state index contributed by atoms with van der Waals surface area (Å²) in [5, 5.41) is 9.71. The van der Waals surface area contributed by atoms with Crippen LogP contribution >= 0.6 is 0 Å². The molecule has 0 aromatic carbocycles. The van der Waals surface area contributed by atoms with E-state index in [1.165, 1.54) is 0 Å². The molecule has 82 valence electrons. The number of carbonyl (C=O) groups excluding carboxylic acids is 1. The maximum atomic E-state index is 11.8. The third-order valence-corrected chi connectivity index (χ3v) is 2.94. The molecule has 1 heterocycles. The lowest BCUT2D eigenvalue weighted by atomic mass is 10.0. The number of nitrogens with two attached hydrogens (primary N) is 1. The van der Waals surface area contributed by atoms with E-state index in [9.17, 15) is 9.90 Å². The Morgan fingerprint density at radius 3 is 2.50 bits per heavy atom. The van der Waals surface area contributed by atoms with Crippen LogP contribution in [-0.2, 0) is 4.79 Å². The minimum absolute atomic E-state index is 0.0535. The molecule has 3 N–H and O–H groups in total. The fourth-order valence-electron chi connectivity index (χ4n) is 1.65. The number of carbonyl (C=O) groups is 1. The van der Waals surface area contributed by atoms with E-state index in [1.54, 1.807) is 11.8 Å². The van der Waals surface area contributed by atoms with E-state index in [4.69, 9.17) is 5.73 Å². The molecule has 3 unspecified atom stereocenters. The van der Waals surface area contributed by atoms with Gasteiger partial charge in [0.05, 0.1) is 11.5 Å². The van der Waals surface area contributed by atoms with Crippen molar-refractivity contribution >= 4 is 5.91 Å². The van der Waals surface area contributed by atoms with Gasteiger partial charge in [0.1, 0.15) is 0 Å². The summed E-state index contributed by atoms with van der Waals surface area (Å²) < 4.78 is 0. The summed E-state index contributed by atoms with van der Waals surface area (Å²) in [5.41, 5.74) is 4.95. The molecule has 3 atom stereocenters. The zero-order valence-electron chi connectivity index (χ0n) is 9.16. The number of hydrogen-bond donors (Lipinski definition) is 2. The third-order valence-electron chi connectivity index (χ3n) is 2.94. The van der Waals surface area contributed by atoms with Gasteiger partial charge in [0.2, 0.25) is 5.91 Å². The summed E-state index contributed by atoms with van der Waals surface area (Å²) in [6.07, 6.45) is 0.657. The highest BCUT2D eigenvalue weighted by Crippen LogP contribution is 2.22. The van der Waals surface area contributed by atoms with Crippen molar-refractivity contribution in [1.29, 1.82) is 0 Å². The lowest BCUT2D eigenvalue weighted by Gasteiger charge is -2.24. The summed E-state index contributed by atoms with van der Waals surface area (Å²) in [6.45, 7) is 6.50. The second-order valence-electron chi connectivity index (χ2n) is 4.65. The number of nitrogens with zero attached hydrogens (tertiary/aromatic N) is 1. The Morgan fingerprint density at radius 1 is 1.57 bits per heavy atom. The van der Waals surface area contributed by atoms with Crippen LogP contribution in [-0.4, -0.2) is 40.6 Å². The van der Waals surface area contributed by atoms with Crippen LogP contribution in [0.2, 0.25) is 0 Å². The van der Waals surface area contributed by atoms with Crippen molar-refractivity contribution in [2.45, 2.75) is 38.8 Å². The van der Waals surface area contributed by atoms with Crippen molar-refractivity contribution < 1.29 is 9.90 Å². The largest absolute Gasteiger partial charge is 0.388 e. The summed E-state index contributed by atoms with van der Waals surface area (Å²) in [5.74, 6) is -0.110. The molecule has 1 saturated heterocycles. The van der Waals surface area contributed by atoms with Crippen molar-refractivity contribution in [3.05, 3.63) is 0 Å². The van der Waals surface area contributed by atoms with Gasteiger partial charge in [-0.3, -0.25) is 4.79 Å². The van der Waals surface area contributed by atoms with Gasteiger partial charge in [0, 0.05) is 19.1 Å². The van der Waals surface area contributed by atoms with Gasteiger partial charge in [0.15, 0.2) is 0 Å². The molecule has 1 aliphatic heterocycles. The molecule has 0 radical (unpaired) electrons. The maximum Gasteiger partial charge on any atom is 0.227 e. The number of β-amino-alcohol motifs (C(OH)–C–C–N with tert-alkyl or cyclic N) is 1. The van der Waals surface area contributed by atoms with Crippen molar-refractivity contribution in [3.8, 4) is 0 Å². The van der Waals surface area contributed by atoms with Crippen molar-refractivity contribution in [3.63, 3.8) is 0 Å². The minimum Gasteiger partial charge on any atom is -0.388 e. The molecule has 4 heteroatoms. The SMILES string of the molecule is CC(N)C(C)C(=O)N1CCC(C)(O)C1. The zero-order chi connectivity index (χ0) is 10.9. The Kier molecular flexibility index (Phi) is 3.17. The van der Waals surface area contributed by atoms with Crippen LogP contribution in [0.15, 0.2) is 0 Å². The molecule has 1 aliphatic rings. The third kappa shape index (κ3) is 2.45. The molecule has 0 aromatic heterocycles. The predicted molar refractivity (Wildman–Crippen MR) is 54.6 cm³/mol. The lowest BCUT2D eigenvalue weighted by Crippen LogP contribution is -2.42. The monoisotopic (exact) mass is 200 g/mol. The first-order valence-corrected chi connectivity index (χ1v) is 5.10. The maximum absolute atomic E-state index is 11.8. The number of rotatable bonds is 2. The molecule has 0 saturated carbocycles. The highest BCUT2D eigenvalue weighted by Gasteiger charge is 2.35. The smallest absolute Gasteiger partial charge is 0.227 e. The standard InChI is InChI=1S/C10H20N2O2/c1-7(8(2)11)9(13)12-5-4-10(3,14)6-12/h7-8,14H,4-6,11H2,1-3H3. The van der Waals surface area contributed by atoms with E-state index in [0.717, 1.165) is 0 Å². The van der Waals surface area contributed by atoms with Gasteiger partial charge in [-0.25, -0.2) is 0 Å². The summed E-state index contributed by atoms with van der Waals surface area (Å²) >= 11 is 0. The lowest BCUT2D eigenvalue weighted by molar-refractivity contribution is -0.135. The second-order valence-corrected chi connectivity index (χ2v) is 4.65. The number of hydrogen-bond acceptors (Lipinski definition) is 3. The van der Waals surface area contributed by atoms with Crippen LogP contribution in [0.3, 0.4) is 0 Å². The Balaban J connectivity index is 2.56. The second kappa shape index (κ2) is 3.87. The van der Waals surface area contributed by atoms with Gasteiger partial charge in [-0.15, -0.1) is 0 Å². The molecule has 14 heavy (non-hydrogen) atoms. The van der Waals surface area contributed by atoms with E-state index >= 15 is 0 Å². The van der Waals surface area contributed by atoms with Crippen LogP contribution in [0, 0.1) is 5.92 Å². The summed E-state index contributed by atoms with van der Waals surface area (Å²) in [4.78, 5) is 13.5. The quantitative estimate of drug-likeness (QED) is 0.657. The first kappa shape index (κ1) is 11.5. The fraction of sp³-hybridized carbons (Fsp3) is 0.900. The molecule has 0 bridgehead atoms. The Hall–Kier alpha value is -0.610. The topological polar surface area (TPSA) is 66.6 Å². The van der Waals surface area contributed by atoms with E-state index in [0.29, 0.717) is 19.5 Å². The van der Waals surface area contributed by atoms with Crippen LogP contribution in [0.5, 0.6) is 0 Å². The summed E-state index contributed by atoms with van der Waals surface area (Å²) in [7, 11) is 0. The highest BCUT2D eigenvalue weighted by molar-refractivity contribution is 5.79. The van der Waals surface area contributed by atoms with Gasteiger partial charge >= 0.3 is 0 Å². The van der Waals surface area contributed by atoms with Crippen LogP contribution in [0.1, 0.15) is 27.2 Å². The Morgan fingerprint density at radius 2 is 2.14 bits per heavy atom. The molecule has 1 amide bonds. The van der Waals surface area contributed by atoms with Crippen molar-refractivity contribution in [2.75, 3.05) is 13.1 Å². The molecule has 0 aromatic rings. The van der Waals surface area contributed by atoms with Gasteiger partial charge in [-0.1, -0.05) is 6.92 Å². The number of amides is 1. The highest BCUT2D eigenvalue weighted by atomic mass is 16.3. The molecular weight excluding hydrogens is 180 g/mol. The first-order chi connectivity index (χ1) is 6.33.